The Morgan fingerprint density at radius 1 is 0.875 bits per heavy atom. The average Bonchev–Trinajstić information content (AvgIpc) is 3.26. The Balaban J connectivity index is 1.37. The highest BCUT2D eigenvalue weighted by molar-refractivity contribution is 5.17. The fourth-order valence-electron chi connectivity index (χ4n) is 4.54. The number of aliphatic hydroxyl groups is 1. The monoisotopic (exact) mass is 442 g/mol. The Morgan fingerprint density at radius 2 is 1.56 bits per heavy atom. The van der Waals surface area contributed by atoms with Crippen LogP contribution in [0.15, 0.2) is 48.7 Å². The third kappa shape index (κ3) is 7.40. The number of morpholine rings is 2. The van der Waals surface area contributed by atoms with Gasteiger partial charge in [0.1, 0.15) is 0 Å². The molecule has 32 heavy (non-hydrogen) atoms. The van der Waals surface area contributed by atoms with Crippen molar-refractivity contribution in [1.82, 2.24) is 19.3 Å². The summed E-state index contributed by atoms with van der Waals surface area (Å²) < 4.78 is 13.3. The van der Waals surface area contributed by atoms with Crippen LogP contribution < -0.4 is 0 Å². The van der Waals surface area contributed by atoms with E-state index in [4.69, 9.17) is 9.47 Å². The van der Waals surface area contributed by atoms with Gasteiger partial charge >= 0.3 is 0 Å². The van der Waals surface area contributed by atoms with Gasteiger partial charge in [-0.05, 0) is 17.7 Å². The second-order valence-electron chi connectivity index (χ2n) is 8.87. The van der Waals surface area contributed by atoms with Gasteiger partial charge in [-0.15, -0.1) is 0 Å². The molecule has 1 N–H and O–H groups in total. The Morgan fingerprint density at radius 3 is 2.28 bits per heavy atom. The molecule has 0 bridgehead atoms. The van der Waals surface area contributed by atoms with Crippen molar-refractivity contribution in [2.45, 2.75) is 19.2 Å². The maximum Gasteiger partial charge on any atom is 0.0793 e. The second-order valence-corrected chi connectivity index (χ2v) is 8.87. The lowest BCUT2D eigenvalue weighted by atomic mass is 10.2. The van der Waals surface area contributed by atoms with Crippen molar-refractivity contribution < 1.29 is 14.6 Å². The number of aromatic nitrogens is 1. The minimum absolute atomic E-state index is 0.365. The fourth-order valence-corrected chi connectivity index (χ4v) is 4.54. The molecule has 0 radical (unpaired) electrons. The van der Waals surface area contributed by atoms with Gasteiger partial charge in [-0.2, -0.15) is 0 Å². The zero-order valence-electron chi connectivity index (χ0n) is 19.1. The topological polar surface area (TPSA) is 53.3 Å². The molecule has 3 heterocycles. The maximum absolute atomic E-state index is 10.9. The van der Waals surface area contributed by atoms with Crippen LogP contribution in [0.2, 0.25) is 0 Å². The van der Waals surface area contributed by atoms with E-state index in [1.807, 2.05) is 0 Å². The van der Waals surface area contributed by atoms with Crippen LogP contribution in [0, 0.1) is 0 Å². The molecule has 1 aromatic heterocycles. The smallest absolute Gasteiger partial charge is 0.0793 e. The van der Waals surface area contributed by atoms with Crippen molar-refractivity contribution in [3.63, 3.8) is 0 Å². The molecule has 2 fully saturated rings. The van der Waals surface area contributed by atoms with E-state index in [0.29, 0.717) is 13.1 Å². The zero-order valence-corrected chi connectivity index (χ0v) is 19.1. The third-order valence-electron chi connectivity index (χ3n) is 6.38. The molecule has 176 valence electrons. The Kier molecular flexibility index (Phi) is 9.14. The SMILES string of the molecule is OC(CN1CCOCC1)CN(CCN1CCOCC1)Cc1cccn1Cc1ccccc1. The quantitative estimate of drug-likeness (QED) is 0.567. The zero-order chi connectivity index (χ0) is 22.0. The van der Waals surface area contributed by atoms with E-state index in [-0.39, 0.29) is 6.10 Å². The van der Waals surface area contributed by atoms with Crippen molar-refractivity contribution in [1.29, 1.82) is 0 Å². The highest BCUT2D eigenvalue weighted by Gasteiger charge is 2.20. The molecule has 2 saturated heterocycles. The summed E-state index contributed by atoms with van der Waals surface area (Å²) in [5.41, 5.74) is 2.59. The van der Waals surface area contributed by atoms with Crippen LogP contribution in [-0.4, -0.2) is 109 Å². The Labute approximate surface area is 192 Å². The molecule has 1 aromatic carbocycles. The van der Waals surface area contributed by atoms with Crippen LogP contribution >= 0.6 is 0 Å². The first-order valence-electron chi connectivity index (χ1n) is 11.9. The van der Waals surface area contributed by atoms with Crippen molar-refractivity contribution in [2.24, 2.45) is 0 Å². The molecular weight excluding hydrogens is 404 g/mol. The summed E-state index contributed by atoms with van der Waals surface area (Å²) in [5.74, 6) is 0. The van der Waals surface area contributed by atoms with Crippen molar-refractivity contribution in [3.8, 4) is 0 Å². The number of aliphatic hydroxyl groups excluding tert-OH is 1. The van der Waals surface area contributed by atoms with Gasteiger partial charge in [0, 0.05) is 77.3 Å². The highest BCUT2D eigenvalue weighted by Crippen LogP contribution is 2.12. The van der Waals surface area contributed by atoms with Gasteiger partial charge in [-0.1, -0.05) is 30.3 Å². The summed E-state index contributed by atoms with van der Waals surface area (Å²) in [7, 11) is 0. The molecule has 2 aliphatic rings. The minimum atomic E-state index is -0.365. The first-order chi connectivity index (χ1) is 15.8. The number of hydrogen-bond donors (Lipinski definition) is 1. The standard InChI is InChI=1S/C25H38N4O3/c30-25(21-27-13-17-32-18-14-27)22-28(10-9-26-11-15-31-16-12-26)20-24-7-4-8-29(24)19-23-5-2-1-3-6-23/h1-8,25,30H,9-22H2. The van der Waals surface area contributed by atoms with Crippen molar-refractivity contribution in [3.05, 3.63) is 59.9 Å². The number of benzene rings is 1. The van der Waals surface area contributed by atoms with Crippen LogP contribution in [0.4, 0.5) is 0 Å². The van der Waals surface area contributed by atoms with E-state index in [1.165, 1.54) is 11.3 Å². The maximum atomic E-state index is 10.9. The van der Waals surface area contributed by atoms with E-state index in [0.717, 1.165) is 78.8 Å². The first kappa shape index (κ1) is 23.4. The van der Waals surface area contributed by atoms with Crippen LogP contribution in [0.5, 0.6) is 0 Å². The van der Waals surface area contributed by atoms with E-state index >= 15 is 0 Å². The van der Waals surface area contributed by atoms with E-state index in [9.17, 15) is 5.11 Å². The Hall–Kier alpha value is -1.74. The summed E-state index contributed by atoms with van der Waals surface area (Å²) >= 11 is 0. The fraction of sp³-hybridized carbons (Fsp3) is 0.600. The molecule has 0 aliphatic carbocycles. The molecule has 0 spiro atoms. The minimum Gasteiger partial charge on any atom is -0.390 e. The molecule has 7 nitrogen and oxygen atoms in total. The van der Waals surface area contributed by atoms with Crippen LogP contribution in [0.25, 0.3) is 0 Å². The molecular formula is C25H38N4O3. The predicted octanol–water partition coefficient (Wildman–Crippen LogP) is 1.36. The van der Waals surface area contributed by atoms with Crippen LogP contribution in [0.3, 0.4) is 0 Å². The lowest BCUT2D eigenvalue weighted by Gasteiger charge is -2.33. The lowest BCUT2D eigenvalue weighted by Crippen LogP contribution is -2.46. The molecule has 1 unspecified atom stereocenters. The van der Waals surface area contributed by atoms with Crippen LogP contribution in [0.1, 0.15) is 11.3 Å². The van der Waals surface area contributed by atoms with E-state index in [2.05, 4.69) is 67.9 Å². The third-order valence-corrected chi connectivity index (χ3v) is 6.38. The number of rotatable bonds is 11. The largest absolute Gasteiger partial charge is 0.390 e. The normalized spacial score (nSPS) is 19.4. The average molecular weight is 443 g/mol. The van der Waals surface area contributed by atoms with Gasteiger partial charge in [-0.3, -0.25) is 14.7 Å². The molecule has 7 heteroatoms. The van der Waals surface area contributed by atoms with Gasteiger partial charge < -0.3 is 19.1 Å². The highest BCUT2D eigenvalue weighted by atomic mass is 16.5. The summed E-state index contributed by atoms with van der Waals surface area (Å²) in [6.45, 7) is 12.0. The summed E-state index contributed by atoms with van der Waals surface area (Å²) in [4.78, 5) is 7.19. The van der Waals surface area contributed by atoms with Crippen molar-refractivity contribution >= 4 is 0 Å². The van der Waals surface area contributed by atoms with Gasteiger partial charge in [0.15, 0.2) is 0 Å². The molecule has 0 amide bonds. The number of hydrogen-bond acceptors (Lipinski definition) is 6. The predicted molar refractivity (Wildman–Crippen MR) is 126 cm³/mol. The van der Waals surface area contributed by atoms with Crippen LogP contribution in [-0.2, 0) is 22.6 Å². The number of ether oxygens (including phenoxy) is 2. The molecule has 2 aliphatic heterocycles. The molecule has 4 rings (SSSR count). The molecule has 0 saturated carbocycles. The number of nitrogens with zero attached hydrogens (tertiary/aromatic N) is 4. The lowest BCUT2D eigenvalue weighted by molar-refractivity contribution is 0.00259. The summed E-state index contributed by atoms with van der Waals surface area (Å²) in [6.07, 6.45) is 1.79. The van der Waals surface area contributed by atoms with Gasteiger partial charge in [0.2, 0.25) is 0 Å². The van der Waals surface area contributed by atoms with E-state index < -0.39 is 0 Å². The molecule has 2 aromatic rings. The van der Waals surface area contributed by atoms with Gasteiger partial charge in [0.05, 0.1) is 32.5 Å². The summed E-state index contributed by atoms with van der Waals surface area (Å²) in [5, 5.41) is 10.9. The first-order valence-corrected chi connectivity index (χ1v) is 11.9. The number of β-amino-alcohol motifs (C(OH)–C–C–N with tert-alkyl or cyclic N) is 1. The van der Waals surface area contributed by atoms with Crippen molar-refractivity contribution in [2.75, 3.05) is 78.8 Å². The second kappa shape index (κ2) is 12.5. The van der Waals surface area contributed by atoms with Gasteiger partial charge in [-0.25, -0.2) is 0 Å². The Bertz CT molecular complexity index is 773. The summed E-state index contributed by atoms with van der Waals surface area (Å²) in [6, 6.07) is 14.9. The molecule has 1 atom stereocenters. The van der Waals surface area contributed by atoms with E-state index in [1.54, 1.807) is 0 Å². The van der Waals surface area contributed by atoms with Gasteiger partial charge in [0.25, 0.3) is 0 Å².